The van der Waals surface area contributed by atoms with E-state index in [-0.39, 0.29) is 16.7 Å². The van der Waals surface area contributed by atoms with Gasteiger partial charge in [0.2, 0.25) is 0 Å². The maximum absolute atomic E-state index is 12.7. The van der Waals surface area contributed by atoms with E-state index in [1.54, 1.807) is 43.3 Å². The Kier molecular flexibility index (Phi) is 5.95. The van der Waals surface area contributed by atoms with Gasteiger partial charge in [-0.05, 0) is 43.3 Å². The molecule has 0 bridgehead atoms. The zero-order chi connectivity index (χ0) is 21.1. The van der Waals surface area contributed by atoms with Crippen LogP contribution in [0.5, 0.6) is 0 Å². The van der Waals surface area contributed by atoms with Crippen LogP contribution in [-0.4, -0.2) is 55.1 Å². The Balaban J connectivity index is 1.37. The number of aromatic nitrogens is 2. The molecule has 30 heavy (non-hydrogen) atoms. The normalized spacial score (nSPS) is 15.2. The zero-order valence-electron chi connectivity index (χ0n) is 16.2. The quantitative estimate of drug-likeness (QED) is 0.614. The molecule has 1 fully saturated rings. The van der Waals surface area contributed by atoms with E-state index in [9.17, 15) is 13.2 Å². The molecule has 1 saturated heterocycles. The molecule has 0 saturated carbocycles. The predicted octanol–water partition coefficient (Wildman–Crippen LogP) is 2.06. The Labute approximate surface area is 177 Å². The first kappa shape index (κ1) is 20.7. The maximum Gasteiger partial charge on any atom is 0.257 e. The van der Waals surface area contributed by atoms with Crippen LogP contribution in [-0.2, 0) is 21.3 Å². The molecule has 0 spiro atoms. The van der Waals surface area contributed by atoms with Gasteiger partial charge in [0.15, 0.2) is 5.82 Å². The van der Waals surface area contributed by atoms with Crippen molar-refractivity contribution in [3.63, 3.8) is 0 Å². The largest absolute Gasteiger partial charge is 0.379 e. The molecule has 3 aromatic rings. The molecule has 2 aromatic heterocycles. The maximum atomic E-state index is 12.7. The summed E-state index contributed by atoms with van der Waals surface area (Å²) in [5, 5.41) is 6.56. The van der Waals surface area contributed by atoms with E-state index >= 15 is 0 Å². The summed E-state index contributed by atoms with van der Waals surface area (Å²) in [6.07, 6.45) is 0. The highest BCUT2D eigenvalue weighted by Gasteiger charge is 2.27. The first-order chi connectivity index (χ1) is 14.4. The number of amides is 1. The van der Waals surface area contributed by atoms with Crippen LogP contribution < -0.4 is 5.32 Å². The second-order valence-corrected chi connectivity index (χ2v) is 9.98. The third-order valence-corrected chi connectivity index (χ3v) is 8.00. The summed E-state index contributed by atoms with van der Waals surface area (Å²) in [4.78, 5) is 17.3. The van der Waals surface area contributed by atoms with E-state index in [0.717, 1.165) is 21.8 Å². The van der Waals surface area contributed by atoms with Gasteiger partial charge in [-0.1, -0.05) is 5.16 Å². The topological polar surface area (TPSA) is 115 Å². The summed E-state index contributed by atoms with van der Waals surface area (Å²) >= 11 is 1.16. The molecular formula is C19H20N4O5S2. The number of carbonyl (C=O) groups excluding carboxylic acids is 1. The van der Waals surface area contributed by atoms with Gasteiger partial charge in [0.1, 0.15) is 4.21 Å². The van der Waals surface area contributed by atoms with E-state index in [2.05, 4.69) is 15.5 Å². The van der Waals surface area contributed by atoms with Crippen molar-refractivity contribution in [3.8, 4) is 11.5 Å². The molecule has 1 aromatic carbocycles. The molecule has 4 rings (SSSR count). The number of nitrogens with zero attached hydrogens (tertiary/aromatic N) is 3. The monoisotopic (exact) mass is 448 g/mol. The molecule has 3 heterocycles. The Morgan fingerprint density at radius 2 is 1.90 bits per heavy atom. The minimum atomic E-state index is -3.52. The van der Waals surface area contributed by atoms with Crippen LogP contribution in [0.25, 0.3) is 11.5 Å². The van der Waals surface area contributed by atoms with Crippen molar-refractivity contribution in [1.29, 1.82) is 0 Å². The number of sulfonamides is 1. The van der Waals surface area contributed by atoms with Crippen LogP contribution in [0.15, 0.2) is 45.1 Å². The molecule has 1 aliphatic rings. The molecule has 1 N–H and O–H groups in total. The van der Waals surface area contributed by atoms with Crippen molar-refractivity contribution in [3.05, 3.63) is 52.7 Å². The smallest absolute Gasteiger partial charge is 0.257 e. The van der Waals surface area contributed by atoms with Gasteiger partial charge in [-0.3, -0.25) is 4.79 Å². The van der Waals surface area contributed by atoms with Gasteiger partial charge >= 0.3 is 0 Å². The van der Waals surface area contributed by atoms with Crippen LogP contribution >= 0.6 is 11.3 Å². The lowest BCUT2D eigenvalue weighted by Crippen LogP contribution is -2.40. The first-order valence-corrected chi connectivity index (χ1v) is 11.5. The van der Waals surface area contributed by atoms with Gasteiger partial charge in [0.25, 0.3) is 21.8 Å². The lowest BCUT2D eigenvalue weighted by Gasteiger charge is -2.25. The van der Waals surface area contributed by atoms with Crippen LogP contribution in [0.3, 0.4) is 0 Å². The Morgan fingerprint density at radius 1 is 1.17 bits per heavy atom. The molecule has 158 valence electrons. The molecule has 0 atom stereocenters. The van der Waals surface area contributed by atoms with Crippen molar-refractivity contribution < 1.29 is 22.5 Å². The number of ether oxygens (including phenoxy) is 1. The number of benzene rings is 1. The van der Waals surface area contributed by atoms with Crippen LogP contribution in [0, 0.1) is 6.92 Å². The highest BCUT2D eigenvalue weighted by molar-refractivity contribution is 7.91. The number of carbonyl (C=O) groups is 1. The minimum Gasteiger partial charge on any atom is -0.379 e. The number of hydrogen-bond acceptors (Lipinski definition) is 8. The summed E-state index contributed by atoms with van der Waals surface area (Å²) in [7, 11) is -3.52. The van der Waals surface area contributed by atoms with Gasteiger partial charge < -0.3 is 14.6 Å². The second kappa shape index (κ2) is 8.64. The number of nitrogens with one attached hydrogen (secondary N) is 1. The van der Waals surface area contributed by atoms with E-state index in [1.165, 1.54) is 4.31 Å². The number of aryl methyl sites for hydroxylation is 1. The lowest BCUT2D eigenvalue weighted by atomic mass is 10.1. The van der Waals surface area contributed by atoms with Crippen molar-refractivity contribution in [2.75, 3.05) is 26.3 Å². The van der Waals surface area contributed by atoms with Gasteiger partial charge in [0, 0.05) is 29.1 Å². The van der Waals surface area contributed by atoms with Crippen LogP contribution in [0.2, 0.25) is 0 Å². The molecule has 0 radical (unpaired) electrons. The van der Waals surface area contributed by atoms with Gasteiger partial charge in [-0.25, -0.2) is 8.42 Å². The summed E-state index contributed by atoms with van der Waals surface area (Å²) in [6.45, 7) is 3.48. The summed E-state index contributed by atoms with van der Waals surface area (Å²) < 4.78 is 37.4. The van der Waals surface area contributed by atoms with E-state index in [4.69, 9.17) is 9.26 Å². The number of hydrogen-bond donors (Lipinski definition) is 1. The SMILES string of the molecule is Cc1noc(-c2ccc(C(=O)NCc3ccc(S(=O)(=O)N4CCOCC4)s3)cc2)n1. The number of rotatable bonds is 6. The lowest BCUT2D eigenvalue weighted by molar-refractivity contribution is 0.0731. The molecule has 1 aliphatic heterocycles. The molecule has 0 unspecified atom stereocenters. The Morgan fingerprint density at radius 3 is 2.57 bits per heavy atom. The van der Waals surface area contributed by atoms with Crippen molar-refractivity contribution >= 4 is 27.3 Å². The van der Waals surface area contributed by atoms with Crippen LogP contribution in [0.1, 0.15) is 21.1 Å². The van der Waals surface area contributed by atoms with Gasteiger partial charge in [0.05, 0.1) is 19.8 Å². The third-order valence-electron chi connectivity index (χ3n) is 4.55. The predicted molar refractivity (Wildman–Crippen MR) is 110 cm³/mol. The standard InChI is InChI=1S/C19H20N4O5S2/c1-13-21-19(28-22-13)15-4-2-14(3-5-15)18(24)20-12-16-6-7-17(29-16)30(25,26)23-8-10-27-11-9-23/h2-7H,8-12H2,1H3,(H,20,24). The van der Waals surface area contributed by atoms with Gasteiger partial charge in [-0.15, -0.1) is 11.3 Å². The summed E-state index contributed by atoms with van der Waals surface area (Å²) in [5.41, 5.74) is 1.20. The second-order valence-electron chi connectivity index (χ2n) is 6.64. The van der Waals surface area contributed by atoms with Crippen molar-refractivity contribution in [1.82, 2.24) is 19.8 Å². The van der Waals surface area contributed by atoms with E-state index in [0.29, 0.717) is 43.6 Å². The molecule has 1 amide bonds. The fourth-order valence-corrected chi connectivity index (χ4v) is 5.81. The zero-order valence-corrected chi connectivity index (χ0v) is 17.8. The average Bonchev–Trinajstić information content (AvgIpc) is 3.42. The fourth-order valence-electron chi connectivity index (χ4n) is 2.95. The fraction of sp³-hybridized carbons (Fsp3) is 0.316. The van der Waals surface area contributed by atoms with E-state index in [1.807, 2.05) is 0 Å². The molecular weight excluding hydrogens is 428 g/mol. The van der Waals surface area contributed by atoms with Crippen LogP contribution in [0.4, 0.5) is 0 Å². The molecule has 0 aliphatic carbocycles. The number of thiophene rings is 1. The van der Waals surface area contributed by atoms with Crippen molar-refractivity contribution in [2.24, 2.45) is 0 Å². The van der Waals surface area contributed by atoms with E-state index < -0.39 is 10.0 Å². The minimum absolute atomic E-state index is 0.243. The van der Waals surface area contributed by atoms with Crippen molar-refractivity contribution in [2.45, 2.75) is 17.7 Å². The first-order valence-electron chi connectivity index (χ1n) is 9.29. The summed E-state index contributed by atoms with van der Waals surface area (Å²) in [6, 6.07) is 10.1. The Hall–Kier alpha value is -2.60. The molecule has 9 nitrogen and oxygen atoms in total. The highest BCUT2D eigenvalue weighted by atomic mass is 32.2. The molecule has 11 heteroatoms. The third kappa shape index (κ3) is 4.43. The highest BCUT2D eigenvalue weighted by Crippen LogP contribution is 2.25. The average molecular weight is 449 g/mol. The Bertz CT molecular complexity index is 1130. The summed E-state index contributed by atoms with van der Waals surface area (Å²) in [5.74, 6) is 0.680. The number of morpholine rings is 1. The van der Waals surface area contributed by atoms with Gasteiger partial charge in [-0.2, -0.15) is 9.29 Å².